The number of nitrogens with zero attached hydrogens (tertiary/aromatic N) is 2. The van der Waals surface area contributed by atoms with Crippen molar-refractivity contribution in [2.75, 3.05) is 26.2 Å². The Morgan fingerprint density at radius 1 is 1.11 bits per heavy atom. The van der Waals surface area contributed by atoms with Gasteiger partial charge in [0.2, 0.25) is 0 Å². The fourth-order valence-electron chi connectivity index (χ4n) is 3.52. The van der Waals surface area contributed by atoms with E-state index in [0.29, 0.717) is 11.5 Å². The van der Waals surface area contributed by atoms with Crippen LogP contribution >= 0.6 is 0 Å². The van der Waals surface area contributed by atoms with Crippen molar-refractivity contribution >= 4 is 0 Å². The first-order valence-electron chi connectivity index (χ1n) is 7.17. The number of benzene rings is 1. The average Bonchev–Trinajstić information content (AvgIpc) is 2.75. The first-order chi connectivity index (χ1) is 8.67. The Balaban J connectivity index is 1.52. The molecule has 2 aliphatic heterocycles. The van der Waals surface area contributed by atoms with Crippen molar-refractivity contribution in [2.24, 2.45) is 5.41 Å². The van der Waals surface area contributed by atoms with Crippen LogP contribution < -0.4 is 0 Å². The van der Waals surface area contributed by atoms with Crippen molar-refractivity contribution < 1.29 is 0 Å². The van der Waals surface area contributed by atoms with E-state index in [1.807, 2.05) is 0 Å². The van der Waals surface area contributed by atoms with E-state index in [1.165, 1.54) is 38.2 Å². The third-order valence-corrected chi connectivity index (χ3v) is 4.57. The van der Waals surface area contributed by atoms with Gasteiger partial charge in [-0.25, -0.2) is 0 Å². The van der Waals surface area contributed by atoms with E-state index in [1.54, 1.807) is 0 Å². The molecule has 0 atom stereocenters. The van der Waals surface area contributed by atoms with Gasteiger partial charge in [-0.1, -0.05) is 30.3 Å². The summed E-state index contributed by atoms with van der Waals surface area (Å²) in [7, 11) is 0. The molecule has 0 unspecified atom stereocenters. The monoisotopic (exact) mass is 244 g/mol. The van der Waals surface area contributed by atoms with E-state index in [9.17, 15) is 0 Å². The maximum Gasteiger partial charge on any atom is 0.0234 e. The summed E-state index contributed by atoms with van der Waals surface area (Å²) in [6.07, 6.45) is 1.40. The SMILES string of the molecule is CC(C)N1CCC2(CN(Cc3ccccc3)C2)C1. The normalized spacial score (nSPS) is 23.7. The Bertz CT molecular complexity index is 393. The summed E-state index contributed by atoms with van der Waals surface area (Å²) in [6, 6.07) is 11.6. The Morgan fingerprint density at radius 2 is 1.83 bits per heavy atom. The van der Waals surface area contributed by atoms with Crippen molar-refractivity contribution in [3.05, 3.63) is 35.9 Å². The van der Waals surface area contributed by atoms with E-state index in [-0.39, 0.29) is 0 Å². The highest BCUT2D eigenvalue weighted by atomic mass is 15.3. The van der Waals surface area contributed by atoms with E-state index < -0.39 is 0 Å². The summed E-state index contributed by atoms with van der Waals surface area (Å²) >= 11 is 0. The van der Waals surface area contributed by atoms with Crippen molar-refractivity contribution in [2.45, 2.75) is 32.9 Å². The van der Waals surface area contributed by atoms with Gasteiger partial charge in [0.25, 0.3) is 0 Å². The summed E-state index contributed by atoms with van der Waals surface area (Å²) in [5.41, 5.74) is 2.07. The van der Waals surface area contributed by atoms with Crippen molar-refractivity contribution in [1.29, 1.82) is 0 Å². The summed E-state index contributed by atoms with van der Waals surface area (Å²) in [4.78, 5) is 5.24. The molecule has 1 aromatic carbocycles. The Hall–Kier alpha value is -0.860. The van der Waals surface area contributed by atoms with Gasteiger partial charge in [0.15, 0.2) is 0 Å². The molecule has 0 aromatic heterocycles. The van der Waals surface area contributed by atoms with Crippen LogP contribution in [-0.4, -0.2) is 42.0 Å². The van der Waals surface area contributed by atoms with Gasteiger partial charge in [-0.15, -0.1) is 0 Å². The molecule has 2 saturated heterocycles. The maximum absolute atomic E-state index is 2.64. The Kier molecular flexibility index (Phi) is 3.16. The molecular weight excluding hydrogens is 220 g/mol. The highest BCUT2D eigenvalue weighted by Crippen LogP contribution is 2.40. The predicted molar refractivity (Wildman–Crippen MR) is 75.5 cm³/mol. The zero-order valence-corrected chi connectivity index (χ0v) is 11.6. The molecule has 2 aliphatic rings. The minimum Gasteiger partial charge on any atom is -0.300 e. The Morgan fingerprint density at radius 3 is 2.44 bits per heavy atom. The van der Waals surface area contributed by atoms with Crippen LogP contribution in [-0.2, 0) is 6.54 Å². The lowest BCUT2D eigenvalue weighted by Gasteiger charge is -2.48. The fourth-order valence-corrected chi connectivity index (χ4v) is 3.52. The molecule has 2 nitrogen and oxygen atoms in total. The fraction of sp³-hybridized carbons (Fsp3) is 0.625. The molecule has 0 aliphatic carbocycles. The van der Waals surface area contributed by atoms with Crippen LogP contribution in [0.5, 0.6) is 0 Å². The highest BCUT2D eigenvalue weighted by Gasteiger charge is 2.47. The zero-order chi connectivity index (χ0) is 12.6. The lowest BCUT2D eigenvalue weighted by molar-refractivity contribution is 0.0000526. The van der Waals surface area contributed by atoms with Crippen molar-refractivity contribution in [3.8, 4) is 0 Å². The van der Waals surface area contributed by atoms with Crippen LogP contribution in [0.4, 0.5) is 0 Å². The molecule has 0 saturated carbocycles. The number of hydrogen-bond donors (Lipinski definition) is 0. The van der Waals surface area contributed by atoms with Gasteiger partial charge in [0.1, 0.15) is 0 Å². The van der Waals surface area contributed by atoms with Crippen molar-refractivity contribution in [3.63, 3.8) is 0 Å². The van der Waals surface area contributed by atoms with Crippen LogP contribution in [0, 0.1) is 5.41 Å². The standard InChI is InChI=1S/C16H24N2/c1-14(2)18-9-8-16(13-18)11-17(12-16)10-15-6-4-3-5-7-15/h3-7,14H,8-13H2,1-2H3. The lowest BCUT2D eigenvalue weighted by Crippen LogP contribution is -2.57. The van der Waals surface area contributed by atoms with Gasteiger partial charge in [-0.3, -0.25) is 4.90 Å². The number of rotatable bonds is 3. The largest absolute Gasteiger partial charge is 0.300 e. The smallest absolute Gasteiger partial charge is 0.0234 e. The topological polar surface area (TPSA) is 6.48 Å². The van der Waals surface area contributed by atoms with E-state index >= 15 is 0 Å². The van der Waals surface area contributed by atoms with E-state index in [4.69, 9.17) is 0 Å². The predicted octanol–water partition coefficient (Wildman–Crippen LogP) is 2.60. The van der Waals surface area contributed by atoms with Gasteiger partial charge in [-0.05, 0) is 32.4 Å². The van der Waals surface area contributed by atoms with Gasteiger partial charge in [-0.2, -0.15) is 0 Å². The number of likely N-dealkylation sites (tertiary alicyclic amines) is 2. The molecule has 1 spiro atoms. The molecule has 0 amide bonds. The quantitative estimate of drug-likeness (QED) is 0.806. The van der Waals surface area contributed by atoms with Crippen LogP contribution in [0.25, 0.3) is 0 Å². The Labute approximate surface area is 111 Å². The lowest BCUT2D eigenvalue weighted by atomic mass is 9.79. The molecule has 2 heteroatoms. The molecule has 0 bridgehead atoms. The highest BCUT2D eigenvalue weighted by molar-refractivity contribution is 5.15. The molecule has 0 radical (unpaired) electrons. The molecule has 2 heterocycles. The van der Waals surface area contributed by atoms with Crippen LogP contribution in [0.1, 0.15) is 25.8 Å². The summed E-state index contributed by atoms with van der Waals surface area (Å²) in [6.45, 7) is 11.0. The number of hydrogen-bond acceptors (Lipinski definition) is 2. The van der Waals surface area contributed by atoms with E-state index in [0.717, 1.165) is 6.54 Å². The second-order valence-corrected chi connectivity index (χ2v) is 6.44. The third kappa shape index (κ3) is 2.32. The minimum atomic E-state index is 0.624. The molecule has 18 heavy (non-hydrogen) atoms. The summed E-state index contributed by atoms with van der Waals surface area (Å²) in [5, 5.41) is 0. The average molecular weight is 244 g/mol. The molecule has 2 fully saturated rings. The first-order valence-corrected chi connectivity index (χ1v) is 7.17. The molecule has 3 rings (SSSR count). The summed E-state index contributed by atoms with van der Waals surface area (Å²) < 4.78 is 0. The van der Waals surface area contributed by atoms with Gasteiger partial charge >= 0.3 is 0 Å². The summed E-state index contributed by atoms with van der Waals surface area (Å²) in [5.74, 6) is 0. The van der Waals surface area contributed by atoms with Crippen molar-refractivity contribution in [1.82, 2.24) is 9.80 Å². The third-order valence-electron chi connectivity index (χ3n) is 4.57. The van der Waals surface area contributed by atoms with Crippen LogP contribution in [0.3, 0.4) is 0 Å². The molecule has 0 N–H and O–H groups in total. The maximum atomic E-state index is 2.64. The minimum absolute atomic E-state index is 0.624. The zero-order valence-electron chi connectivity index (χ0n) is 11.6. The van der Waals surface area contributed by atoms with E-state index in [2.05, 4.69) is 54.0 Å². The second kappa shape index (κ2) is 4.67. The van der Waals surface area contributed by atoms with Gasteiger partial charge in [0.05, 0.1) is 0 Å². The van der Waals surface area contributed by atoms with Gasteiger partial charge in [0, 0.05) is 37.6 Å². The van der Waals surface area contributed by atoms with Crippen LogP contribution in [0.15, 0.2) is 30.3 Å². The second-order valence-electron chi connectivity index (χ2n) is 6.44. The molecule has 98 valence electrons. The molecular formula is C16H24N2. The van der Waals surface area contributed by atoms with Crippen LogP contribution in [0.2, 0.25) is 0 Å². The molecule has 1 aromatic rings. The van der Waals surface area contributed by atoms with Gasteiger partial charge < -0.3 is 4.90 Å². The first kappa shape index (κ1) is 12.2.